The van der Waals surface area contributed by atoms with Gasteiger partial charge in [0, 0.05) is 12.3 Å². The van der Waals surface area contributed by atoms with Gasteiger partial charge in [-0.1, -0.05) is 0 Å². The third kappa shape index (κ3) is 2.90. The van der Waals surface area contributed by atoms with E-state index < -0.39 is 10.0 Å². The molecule has 0 radical (unpaired) electrons. The monoisotopic (exact) mass is 231 g/mol. The maximum Gasteiger partial charge on any atom is 0.238 e. The molecule has 15 heavy (non-hydrogen) atoms. The van der Waals surface area contributed by atoms with E-state index in [0.717, 1.165) is 0 Å². The highest BCUT2D eigenvalue weighted by Gasteiger charge is 2.13. The number of nitrogens with one attached hydrogen (secondary N) is 1. The molecule has 1 aromatic rings. The quantitative estimate of drug-likeness (QED) is 0.398. The van der Waals surface area contributed by atoms with Crippen LogP contribution in [-0.2, 0) is 16.4 Å². The highest BCUT2D eigenvalue weighted by atomic mass is 32.2. The van der Waals surface area contributed by atoms with Gasteiger partial charge >= 0.3 is 0 Å². The molecule has 0 saturated carbocycles. The maximum atomic E-state index is 11.2. The number of hydrogen-bond acceptors (Lipinski definition) is 5. The average Bonchev–Trinajstić information content (AvgIpc) is 2.16. The van der Waals surface area contributed by atoms with Crippen molar-refractivity contribution in [1.29, 1.82) is 0 Å². The number of aliphatic hydroxyl groups excluding tert-OH is 1. The van der Waals surface area contributed by atoms with Crippen molar-refractivity contribution in [3.63, 3.8) is 0 Å². The van der Waals surface area contributed by atoms with Crippen LogP contribution in [0.4, 0.5) is 5.69 Å². The first-order chi connectivity index (χ1) is 6.99. The summed E-state index contributed by atoms with van der Waals surface area (Å²) in [5.41, 5.74) is 3.39. The fourth-order valence-electron chi connectivity index (χ4n) is 1.26. The van der Waals surface area contributed by atoms with E-state index in [-0.39, 0.29) is 17.9 Å². The van der Waals surface area contributed by atoms with E-state index in [1.807, 2.05) is 0 Å². The molecular formula is C8H13N3O3S. The second kappa shape index (κ2) is 4.58. The molecule has 0 unspecified atom stereocenters. The maximum absolute atomic E-state index is 11.2. The second-order valence-electron chi connectivity index (χ2n) is 2.99. The van der Waals surface area contributed by atoms with Gasteiger partial charge in [0.15, 0.2) is 0 Å². The molecule has 84 valence electrons. The molecule has 0 heterocycles. The van der Waals surface area contributed by atoms with Gasteiger partial charge in [0.1, 0.15) is 0 Å². The molecule has 0 bridgehead atoms. The molecule has 6 nitrogen and oxygen atoms in total. The fraction of sp³-hybridized carbons (Fsp3) is 0.250. The Bertz CT molecular complexity index is 444. The van der Waals surface area contributed by atoms with Crippen LogP contribution in [0.25, 0.3) is 0 Å². The van der Waals surface area contributed by atoms with Crippen LogP contribution in [0.2, 0.25) is 0 Å². The summed E-state index contributed by atoms with van der Waals surface area (Å²) < 4.78 is 22.3. The summed E-state index contributed by atoms with van der Waals surface area (Å²) in [6, 6.07) is 4.39. The van der Waals surface area contributed by atoms with Crippen LogP contribution < -0.4 is 16.4 Å². The minimum atomic E-state index is -3.76. The third-order valence-corrected chi connectivity index (χ3v) is 2.93. The van der Waals surface area contributed by atoms with Gasteiger partial charge in [0.05, 0.1) is 4.90 Å². The zero-order chi connectivity index (χ0) is 11.5. The van der Waals surface area contributed by atoms with E-state index in [0.29, 0.717) is 11.3 Å². The number of hydrogen-bond donors (Lipinski definition) is 4. The Morgan fingerprint density at radius 3 is 2.53 bits per heavy atom. The van der Waals surface area contributed by atoms with Crippen molar-refractivity contribution in [2.45, 2.75) is 11.3 Å². The molecule has 0 aliphatic rings. The van der Waals surface area contributed by atoms with Gasteiger partial charge in [-0.05, 0) is 30.2 Å². The number of hydrazine groups is 1. The molecule has 0 atom stereocenters. The lowest BCUT2D eigenvalue weighted by Gasteiger charge is -2.08. The van der Waals surface area contributed by atoms with E-state index in [1.54, 1.807) is 0 Å². The van der Waals surface area contributed by atoms with Gasteiger partial charge in [-0.2, -0.15) is 0 Å². The van der Waals surface area contributed by atoms with Gasteiger partial charge in [0.25, 0.3) is 0 Å². The lowest BCUT2D eigenvalue weighted by Crippen LogP contribution is -2.16. The van der Waals surface area contributed by atoms with Crippen LogP contribution in [-0.4, -0.2) is 20.1 Å². The fourth-order valence-corrected chi connectivity index (χ4v) is 2.05. The van der Waals surface area contributed by atoms with Crippen LogP contribution in [0.15, 0.2) is 23.1 Å². The Balaban J connectivity index is 3.27. The molecule has 0 fully saturated rings. The molecule has 7 heteroatoms. The number of nitrogen functional groups attached to an aromatic ring is 1. The summed E-state index contributed by atoms with van der Waals surface area (Å²) in [7, 11) is -3.76. The lowest BCUT2D eigenvalue weighted by molar-refractivity contribution is 0.299. The Labute approximate surface area is 87.9 Å². The molecule has 0 aliphatic heterocycles. The summed E-state index contributed by atoms with van der Waals surface area (Å²) in [6.45, 7) is -0.156. The number of sulfonamides is 1. The number of nitrogens with two attached hydrogens (primary N) is 2. The molecule has 0 saturated heterocycles. The van der Waals surface area contributed by atoms with Crippen LogP contribution in [0, 0.1) is 0 Å². The lowest BCUT2D eigenvalue weighted by atomic mass is 10.1. The Hall–Kier alpha value is -1.15. The largest absolute Gasteiger partial charge is 0.396 e. The van der Waals surface area contributed by atoms with Crippen molar-refractivity contribution in [3.05, 3.63) is 23.8 Å². The number of rotatable bonds is 4. The van der Waals surface area contributed by atoms with Gasteiger partial charge < -0.3 is 10.5 Å². The van der Waals surface area contributed by atoms with Gasteiger partial charge in [-0.15, -0.1) is 0 Å². The molecule has 0 aliphatic carbocycles. The van der Waals surface area contributed by atoms with Crippen molar-refractivity contribution in [1.82, 2.24) is 0 Å². The molecule has 0 spiro atoms. The van der Waals surface area contributed by atoms with Crippen LogP contribution >= 0.6 is 0 Å². The first kappa shape index (κ1) is 11.9. The summed E-state index contributed by atoms with van der Waals surface area (Å²) in [4.78, 5) is 0.00977. The van der Waals surface area contributed by atoms with Crippen molar-refractivity contribution in [2.75, 3.05) is 12.0 Å². The van der Waals surface area contributed by atoms with E-state index in [2.05, 4.69) is 5.43 Å². The van der Waals surface area contributed by atoms with Crippen molar-refractivity contribution in [2.24, 2.45) is 11.0 Å². The van der Waals surface area contributed by atoms with Gasteiger partial charge in [-0.25, -0.2) is 13.6 Å². The summed E-state index contributed by atoms with van der Waals surface area (Å²) in [6.07, 6.45) is 0.210. The number of anilines is 1. The van der Waals surface area contributed by atoms with Crippen LogP contribution in [0.1, 0.15) is 5.56 Å². The predicted molar refractivity (Wildman–Crippen MR) is 56.4 cm³/mol. The highest BCUT2D eigenvalue weighted by Crippen LogP contribution is 2.19. The Morgan fingerprint density at radius 2 is 2.07 bits per heavy atom. The van der Waals surface area contributed by atoms with Crippen LogP contribution in [0.5, 0.6) is 0 Å². The minimum Gasteiger partial charge on any atom is -0.396 e. The van der Waals surface area contributed by atoms with Gasteiger partial charge in [-0.3, -0.25) is 5.84 Å². The van der Waals surface area contributed by atoms with E-state index in [1.165, 1.54) is 18.2 Å². The van der Waals surface area contributed by atoms with E-state index in [9.17, 15) is 8.42 Å². The number of aliphatic hydroxyl groups is 1. The summed E-state index contributed by atoms with van der Waals surface area (Å²) in [5, 5.41) is 13.8. The van der Waals surface area contributed by atoms with Crippen molar-refractivity contribution in [3.8, 4) is 0 Å². The molecule has 6 N–H and O–H groups in total. The van der Waals surface area contributed by atoms with Crippen molar-refractivity contribution < 1.29 is 13.5 Å². The zero-order valence-corrected chi connectivity index (χ0v) is 8.79. The predicted octanol–water partition coefficient (Wildman–Crippen LogP) is -0.846. The first-order valence-electron chi connectivity index (χ1n) is 4.22. The second-order valence-corrected chi connectivity index (χ2v) is 4.52. The molecule has 1 rings (SSSR count). The summed E-state index contributed by atoms with van der Waals surface area (Å²) >= 11 is 0. The number of primary sulfonamides is 1. The van der Waals surface area contributed by atoms with E-state index in [4.69, 9.17) is 16.1 Å². The standard InChI is InChI=1S/C8H13N3O3S/c9-11-7-1-2-8(15(10,13)14)6(5-7)3-4-12/h1-2,5,11-12H,3-4,9H2,(H2,10,13,14). The smallest absolute Gasteiger partial charge is 0.238 e. The molecule has 1 aromatic carbocycles. The Kier molecular flexibility index (Phi) is 3.64. The third-order valence-electron chi connectivity index (χ3n) is 1.91. The number of benzene rings is 1. The first-order valence-corrected chi connectivity index (χ1v) is 5.77. The van der Waals surface area contributed by atoms with Crippen LogP contribution in [0.3, 0.4) is 0 Å². The van der Waals surface area contributed by atoms with E-state index >= 15 is 0 Å². The summed E-state index contributed by atoms with van der Waals surface area (Å²) in [5.74, 6) is 5.18. The normalized spacial score (nSPS) is 11.4. The highest BCUT2D eigenvalue weighted by molar-refractivity contribution is 7.89. The SMILES string of the molecule is NNc1ccc(S(N)(=O)=O)c(CCO)c1. The molecule has 0 amide bonds. The average molecular weight is 231 g/mol. The molecule has 0 aromatic heterocycles. The zero-order valence-electron chi connectivity index (χ0n) is 7.97. The molecular weight excluding hydrogens is 218 g/mol. The Morgan fingerprint density at radius 1 is 1.40 bits per heavy atom. The topological polar surface area (TPSA) is 118 Å². The minimum absolute atomic E-state index is 0.00977. The van der Waals surface area contributed by atoms with Gasteiger partial charge in [0.2, 0.25) is 10.0 Å². The van der Waals surface area contributed by atoms with Crippen molar-refractivity contribution >= 4 is 15.7 Å².